The zero-order chi connectivity index (χ0) is 11.3. The van der Waals surface area contributed by atoms with Crippen molar-refractivity contribution in [3.8, 4) is 0 Å². The van der Waals surface area contributed by atoms with Gasteiger partial charge < -0.3 is 10.4 Å². The summed E-state index contributed by atoms with van der Waals surface area (Å²) in [4.78, 5) is 13.4. The van der Waals surface area contributed by atoms with E-state index >= 15 is 0 Å². The molecule has 0 aromatic heterocycles. The van der Waals surface area contributed by atoms with Crippen LogP contribution in [0.5, 0.6) is 0 Å². The minimum absolute atomic E-state index is 0.0741. The van der Waals surface area contributed by atoms with Gasteiger partial charge in [0.15, 0.2) is 0 Å². The number of aliphatic hydroxyl groups is 1. The maximum absolute atomic E-state index is 11.6. The average molecular weight is 214 g/mol. The molecular weight excluding hydrogens is 192 g/mol. The Hall–Kier alpha value is -0.610. The zero-order valence-electron chi connectivity index (χ0n) is 9.70. The van der Waals surface area contributed by atoms with E-state index in [0.29, 0.717) is 19.1 Å². The largest absolute Gasteiger partial charge is 0.392 e. The average Bonchev–Trinajstić information content (AvgIpc) is 2.53. The third-order valence-corrected chi connectivity index (χ3v) is 2.71. The highest BCUT2D eigenvalue weighted by Gasteiger charge is 2.17. The Kier molecular flexibility index (Phi) is 5.05. The molecule has 0 saturated heterocycles. The molecule has 2 N–H and O–H groups in total. The summed E-state index contributed by atoms with van der Waals surface area (Å²) in [5.74, 6) is 0.0741. The zero-order valence-corrected chi connectivity index (χ0v) is 9.70. The van der Waals surface area contributed by atoms with Crippen LogP contribution in [0.3, 0.4) is 0 Å². The molecule has 1 saturated carbocycles. The molecule has 0 heterocycles. The van der Waals surface area contributed by atoms with E-state index in [1.54, 1.807) is 6.92 Å². The first-order valence-corrected chi connectivity index (χ1v) is 5.74. The van der Waals surface area contributed by atoms with Gasteiger partial charge >= 0.3 is 0 Å². The fourth-order valence-electron chi connectivity index (χ4n) is 2.10. The van der Waals surface area contributed by atoms with Crippen molar-refractivity contribution < 1.29 is 9.90 Å². The Bertz CT molecular complexity index is 201. The second kappa shape index (κ2) is 6.08. The van der Waals surface area contributed by atoms with Crippen LogP contribution in [-0.2, 0) is 4.79 Å². The normalized spacial score (nSPS) is 19.5. The monoisotopic (exact) mass is 214 g/mol. The molecule has 0 radical (unpaired) electrons. The van der Waals surface area contributed by atoms with Gasteiger partial charge in [0.05, 0.1) is 12.6 Å². The van der Waals surface area contributed by atoms with Crippen molar-refractivity contribution in [1.82, 2.24) is 10.2 Å². The van der Waals surface area contributed by atoms with Crippen molar-refractivity contribution >= 4 is 5.91 Å². The van der Waals surface area contributed by atoms with Gasteiger partial charge in [0, 0.05) is 12.6 Å². The lowest BCUT2D eigenvalue weighted by Crippen LogP contribution is -2.41. The van der Waals surface area contributed by atoms with Gasteiger partial charge in [0.1, 0.15) is 0 Å². The van der Waals surface area contributed by atoms with Crippen molar-refractivity contribution in [2.75, 3.05) is 20.1 Å². The molecule has 1 unspecified atom stereocenters. The molecule has 4 heteroatoms. The van der Waals surface area contributed by atoms with Crippen LogP contribution < -0.4 is 5.32 Å². The predicted octanol–water partition coefficient (Wildman–Crippen LogP) is 0.358. The van der Waals surface area contributed by atoms with Gasteiger partial charge in [-0.2, -0.15) is 0 Å². The molecule has 1 fully saturated rings. The van der Waals surface area contributed by atoms with E-state index in [9.17, 15) is 4.79 Å². The molecule has 1 aliphatic carbocycles. The highest BCUT2D eigenvalue weighted by molar-refractivity contribution is 5.78. The predicted molar refractivity (Wildman–Crippen MR) is 59.6 cm³/mol. The Labute approximate surface area is 91.6 Å². The summed E-state index contributed by atoms with van der Waals surface area (Å²) in [6.07, 6.45) is 4.31. The number of aliphatic hydroxyl groups excluding tert-OH is 1. The molecule has 88 valence electrons. The number of carbonyl (C=O) groups is 1. The fourth-order valence-corrected chi connectivity index (χ4v) is 2.10. The van der Waals surface area contributed by atoms with Crippen LogP contribution in [0.4, 0.5) is 0 Å². The summed E-state index contributed by atoms with van der Waals surface area (Å²) in [7, 11) is 1.85. The highest BCUT2D eigenvalue weighted by Crippen LogP contribution is 2.17. The molecular formula is C11H22N2O2. The third kappa shape index (κ3) is 5.14. The molecule has 1 amide bonds. The minimum Gasteiger partial charge on any atom is -0.392 e. The second-order valence-electron chi connectivity index (χ2n) is 4.59. The smallest absolute Gasteiger partial charge is 0.234 e. The van der Waals surface area contributed by atoms with Crippen LogP contribution >= 0.6 is 0 Å². The van der Waals surface area contributed by atoms with Crippen LogP contribution in [0, 0.1) is 0 Å². The quantitative estimate of drug-likeness (QED) is 0.694. The van der Waals surface area contributed by atoms with Gasteiger partial charge in [-0.15, -0.1) is 0 Å². The van der Waals surface area contributed by atoms with E-state index in [1.807, 2.05) is 11.9 Å². The number of rotatable bonds is 5. The van der Waals surface area contributed by atoms with Crippen LogP contribution in [-0.4, -0.2) is 48.2 Å². The Morgan fingerprint density at radius 1 is 1.53 bits per heavy atom. The molecule has 0 aliphatic heterocycles. The van der Waals surface area contributed by atoms with Crippen molar-refractivity contribution in [2.45, 2.75) is 44.8 Å². The van der Waals surface area contributed by atoms with Crippen molar-refractivity contribution in [1.29, 1.82) is 0 Å². The first-order valence-electron chi connectivity index (χ1n) is 5.74. The number of hydrogen-bond acceptors (Lipinski definition) is 3. The number of amides is 1. The van der Waals surface area contributed by atoms with E-state index in [2.05, 4.69) is 5.32 Å². The molecule has 0 spiro atoms. The SMILES string of the molecule is CC(O)CN(C)CC(=O)NC1CCCC1. The number of nitrogens with zero attached hydrogens (tertiary/aromatic N) is 1. The topological polar surface area (TPSA) is 52.6 Å². The Morgan fingerprint density at radius 3 is 2.67 bits per heavy atom. The Balaban J connectivity index is 2.16. The minimum atomic E-state index is -0.380. The first kappa shape index (κ1) is 12.5. The molecule has 15 heavy (non-hydrogen) atoms. The molecule has 1 rings (SSSR count). The molecule has 1 atom stereocenters. The van der Waals surface area contributed by atoms with E-state index in [1.165, 1.54) is 12.8 Å². The maximum Gasteiger partial charge on any atom is 0.234 e. The fraction of sp³-hybridized carbons (Fsp3) is 0.909. The number of carbonyl (C=O) groups excluding carboxylic acids is 1. The molecule has 1 aliphatic rings. The van der Waals surface area contributed by atoms with E-state index in [-0.39, 0.29) is 12.0 Å². The van der Waals surface area contributed by atoms with E-state index in [0.717, 1.165) is 12.8 Å². The third-order valence-electron chi connectivity index (χ3n) is 2.71. The van der Waals surface area contributed by atoms with Gasteiger partial charge in [-0.25, -0.2) is 0 Å². The lowest BCUT2D eigenvalue weighted by molar-refractivity contribution is -0.122. The summed E-state index contributed by atoms with van der Waals surface area (Å²) >= 11 is 0. The summed E-state index contributed by atoms with van der Waals surface area (Å²) in [6, 6.07) is 0.387. The molecule has 0 bridgehead atoms. The lowest BCUT2D eigenvalue weighted by atomic mass is 10.2. The standard InChI is InChI=1S/C11H22N2O2/c1-9(14)7-13(2)8-11(15)12-10-5-3-4-6-10/h9-10,14H,3-8H2,1-2H3,(H,12,15). The van der Waals surface area contributed by atoms with Gasteiger partial charge in [0.2, 0.25) is 5.91 Å². The Morgan fingerprint density at radius 2 is 2.13 bits per heavy atom. The molecule has 0 aromatic rings. The van der Waals surface area contributed by atoms with E-state index < -0.39 is 0 Å². The van der Waals surface area contributed by atoms with Crippen molar-refractivity contribution in [3.63, 3.8) is 0 Å². The van der Waals surface area contributed by atoms with Crippen molar-refractivity contribution in [2.24, 2.45) is 0 Å². The number of likely N-dealkylation sites (N-methyl/N-ethyl adjacent to an activating group) is 1. The van der Waals surface area contributed by atoms with Gasteiger partial charge in [-0.1, -0.05) is 12.8 Å². The lowest BCUT2D eigenvalue weighted by Gasteiger charge is -2.19. The van der Waals surface area contributed by atoms with Crippen LogP contribution in [0.25, 0.3) is 0 Å². The molecule has 0 aromatic carbocycles. The van der Waals surface area contributed by atoms with Crippen LogP contribution in [0.1, 0.15) is 32.6 Å². The van der Waals surface area contributed by atoms with E-state index in [4.69, 9.17) is 5.11 Å². The summed E-state index contributed by atoms with van der Waals surface area (Å²) in [5, 5.41) is 12.2. The van der Waals surface area contributed by atoms with Gasteiger partial charge in [-0.3, -0.25) is 9.69 Å². The van der Waals surface area contributed by atoms with Gasteiger partial charge in [0.25, 0.3) is 0 Å². The first-order chi connectivity index (χ1) is 7.08. The molecule has 4 nitrogen and oxygen atoms in total. The summed E-state index contributed by atoms with van der Waals surface area (Å²) < 4.78 is 0. The number of hydrogen-bond donors (Lipinski definition) is 2. The highest BCUT2D eigenvalue weighted by atomic mass is 16.3. The maximum atomic E-state index is 11.6. The second-order valence-corrected chi connectivity index (χ2v) is 4.59. The van der Waals surface area contributed by atoms with Crippen LogP contribution in [0.15, 0.2) is 0 Å². The van der Waals surface area contributed by atoms with Crippen LogP contribution in [0.2, 0.25) is 0 Å². The summed E-state index contributed by atoms with van der Waals surface area (Å²) in [6.45, 7) is 2.64. The van der Waals surface area contributed by atoms with Gasteiger partial charge in [-0.05, 0) is 26.8 Å². The van der Waals surface area contributed by atoms with Crippen molar-refractivity contribution in [3.05, 3.63) is 0 Å². The number of nitrogens with one attached hydrogen (secondary N) is 1. The summed E-state index contributed by atoms with van der Waals surface area (Å²) in [5.41, 5.74) is 0.